The van der Waals surface area contributed by atoms with E-state index >= 15 is 0 Å². The van der Waals surface area contributed by atoms with E-state index < -0.39 is 0 Å². The van der Waals surface area contributed by atoms with Crippen LogP contribution in [-0.4, -0.2) is 17.6 Å². The van der Waals surface area contributed by atoms with Gasteiger partial charge in [0.05, 0.1) is 12.7 Å². The maximum absolute atomic E-state index is 11.6. The molecule has 0 saturated heterocycles. The predicted molar refractivity (Wildman–Crippen MR) is 70.0 cm³/mol. The summed E-state index contributed by atoms with van der Waals surface area (Å²) in [4.78, 5) is 11.6. The van der Waals surface area contributed by atoms with E-state index in [1.807, 2.05) is 24.3 Å². The molecule has 0 atom stereocenters. The van der Waals surface area contributed by atoms with E-state index in [1.165, 1.54) is 12.3 Å². The van der Waals surface area contributed by atoms with E-state index in [4.69, 9.17) is 10.3 Å². The van der Waals surface area contributed by atoms with Gasteiger partial charge in [0.25, 0.3) is 5.91 Å². The number of hydrogen-bond donors (Lipinski definition) is 2. The summed E-state index contributed by atoms with van der Waals surface area (Å²) in [5.41, 5.74) is 7.15. The Labute approximate surface area is 110 Å². The van der Waals surface area contributed by atoms with E-state index in [-0.39, 0.29) is 11.7 Å². The van der Waals surface area contributed by atoms with Crippen LogP contribution >= 0.6 is 0 Å². The summed E-state index contributed by atoms with van der Waals surface area (Å²) in [6, 6.07) is 9.11. The van der Waals surface area contributed by atoms with Gasteiger partial charge in [-0.05, 0) is 17.7 Å². The SMILES string of the molecule is NCC#Cc1cccc(CNC(=O)c2ccno2)c1. The maximum Gasteiger partial charge on any atom is 0.290 e. The van der Waals surface area contributed by atoms with Crippen molar-refractivity contribution >= 4 is 5.91 Å². The van der Waals surface area contributed by atoms with Gasteiger partial charge >= 0.3 is 0 Å². The lowest BCUT2D eigenvalue weighted by Gasteiger charge is -2.03. The molecule has 1 amide bonds. The molecular formula is C14H13N3O2. The highest BCUT2D eigenvalue weighted by Gasteiger charge is 2.08. The number of rotatable bonds is 3. The third-order valence-electron chi connectivity index (χ3n) is 2.38. The second-order valence-corrected chi connectivity index (χ2v) is 3.77. The molecule has 96 valence electrons. The molecule has 1 aromatic heterocycles. The molecular weight excluding hydrogens is 242 g/mol. The van der Waals surface area contributed by atoms with Crippen molar-refractivity contribution in [2.24, 2.45) is 5.73 Å². The van der Waals surface area contributed by atoms with E-state index in [0.717, 1.165) is 11.1 Å². The van der Waals surface area contributed by atoms with Gasteiger partial charge in [0.1, 0.15) is 0 Å². The molecule has 5 nitrogen and oxygen atoms in total. The first-order valence-corrected chi connectivity index (χ1v) is 5.76. The summed E-state index contributed by atoms with van der Waals surface area (Å²) in [5, 5.41) is 6.22. The van der Waals surface area contributed by atoms with Gasteiger partial charge in [-0.2, -0.15) is 0 Å². The van der Waals surface area contributed by atoms with Crippen molar-refractivity contribution < 1.29 is 9.32 Å². The molecule has 3 N–H and O–H groups in total. The predicted octanol–water partition coefficient (Wildman–Crippen LogP) is 0.915. The first-order valence-electron chi connectivity index (χ1n) is 5.76. The standard InChI is InChI=1S/C14H13N3O2/c15-7-2-5-11-3-1-4-12(9-11)10-16-14(18)13-6-8-17-19-13/h1,3-4,6,8-9H,7,10,15H2,(H,16,18). The number of aromatic nitrogens is 1. The topological polar surface area (TPSA) is 81.1 Å². The van der Waals surface area contributed by atoms with Gasteiger partial charge in [0, 0.05) is 18.2 Å². The molecule has 1 aromatic carbocycles. The fourth-order valence-electron chi connectivity index (χ4n) is 1.51. The van der Waals surface area contributed by atoms with Gasteiger partial charge in [0.15, 0.2) is 0 Å². The Morgan fingerprint density at radius 2 is 2.32 bits per heavy atom. The summed E-state index contributed by atoms with van der Waals surface area (Å²) >= 11 is 0. The normalized spacial score (nSPS) is 9.53. The van der Waals surface area contributed by atoms with E-state index in [9.17, 15) is 4.79 Å². The highest BCUT2D eigenvalue weighted by Crippen LogP contribution is 2.04. The molecule has 2 aromatic rings. The monoisotopic (exact) mass is 255 g/mol. The number of nitrogens with two attached hydrogens (primary N) is 1. The van der Waals surface area contributed by atoms with Crippen molar-refractivity contribution in [2.45, 2.75) is 6.54 Å². The van der Waals surface area contributed by atoms with Crippen LogP contribution in [0.3, 0.4) is 0 Å². The Bertz CT molecular complexity index is 609. The second kappa shape index (κ2) is 6.38. The minimum atomic E-state index is -0.295. The lowest BCUT2D eigenvalue weighted by molar-refractivity contribution is 0.0914. The van der Waals surface area contributed by atoms with Gasteiger partial charge < -0.3 is 15.6 Å². The number of carbonyl (C=O) groups excluding carboxylic acids is 1. The third kappa shape index (κ3) is 3.69. The molecule has 5 heteroatoms. The Balaban J connectivity index is 1.98. The van der Waals surface area contributed by atoms with E-state index in [0.29, 0.717) is 13.1 Å². The summed E-state index contributed by atoms with van der Waals surface area (Å²) in [6.45, 7) is 0.726. The van der Waals surface area contributed by atoms with Crippen molar-refractivity contribution in [3.05, 3.63) is 53.4 Å². The number of amides is 1. The molecule has 0 saturated carbocycles. The summed E-state index contributed by atoms with van der Waals surface area (Å²) < 4.78 is 4.76. The van der Waals surface area contributed by atoms with Crippen LogP contribution in [0.1, 0.15) is 21.7 Å². The van der Waals surface area contributed by atoms with E-state index in [1.54, 1.807) is 0 Å². The molecule has 0 fully saturated rings. The quantitative estimate of drug-likeness (QED) is 0.799. The first-order chi connectivity index (χ1) is 9.29. The largest absolute Gasteiger partial charge is 0.351 e. The van der Waals surface area contributed by atoms with Gasteiger partial charge in [-0.1, -0.05) is 29.1 Å². The van der Waals surface area contributed by atoms with Crippen LogP contribution in [0.15, 0.2) is 41.1 Å². The molecule has 2 rings (SSSR count). The zero-order valence-corrected chi connectivity index (χ0v) is 10.2. The number of benzene rings is 1. The minimum absolute atomic E-state index is 0.194. The van der Waals surface area contributed by atoms with Crippen molar-refractivity contribution in [1.29, 1.82) is 0 Å². The summed E-state index contributed by atoms with van der Waals surface area (Å²) in [7, 11) is 0. The summed E-state index contributed by atoms with van der Waals surface area (Å²) in [5.74, 6) is 5.63. The molecule has 0 bridgehead atoms. The van der Waals surface area contributed by atoms with Crippen LogP contribution in [0.2, 0.25) is 0 Å². The Morgan fingerprint density at radius 3 is 3.05 bits per heavy atom. The van der Waals surface area contributed by atoms with Crippen LogP contribution in [0.4, 0.5) is 0 Å². The van der Waals surface area contributed by atoms with Crippen molar-refractivity contribution in [2.75, 3.05) is 6.54 Å². The molecule has 0 aliphatic rings. The fourth-order valence-corrected chi connectivity index (χ4v) is 1.51. The number of carbonyl (C=O) groups is 1. The zero-order valence-electron chi connectivity index (χ0n) is 10.2. The summed E-state index contributed by atoms with van der Waals surface area (Å²) in [6.07, 6.45) is 1.43. The second-order valence-electron chi connectivity index (χ2n) is 3.77. The molecule has 0 unspecified atom stereocenters. The first kappa shape index (κ1) is 12.9. The minimum Gasteiger partial charge on any atom is -0.351 e. The van der Waals surface area contributed by atoms with Gasteiger partial charge in [0.2, 0.25) is 5.76 Å². The Kier molecular flexibility index (Phi) is 4.32. The fraction of sp³-hybridized carbons (Fsp3) is 0.143. The van der Waals surface area contributed by atoms with Crippen molar-refractivity contribution in [3.63, 3.8) is 0 Å². The highest BCUT2D eigenvalue weighted by molar-refractivity contribution is 5.91. The molecule has 0 aliphatic carbocycles. The average Bonchev–Trinajstić information content (AvgIpc) is 2.97. The van der Waals surface area contributed by atoms with Crippen LogP contribution in [0.25, 0.3) is 0 Å². The Morgan fingerprint density at radius 1 is 1.42 bits per heavy atom. The smallest absolute Gasteiger partial charge is 0.290 e. The molecule has 19 heavy (non-hydrogen) atoms. The lowest BCUT2D eigenvalue weighted by atomic mass is 10.1. The number of hydrogen-bond acceptors (Lipinski definition) is 4. The molecule has 0 radical (unpaired) electrons. The highest BCUT2D eigenvalue weighted by atomic mass is 16.5. The molecule has 1 heterocycles. The maximum atomic E-state index is 11.6. The van der Waals surface area contributed by atoms with Crippen LogP contribution in [0, 0.1) is 11.8 Å². The molecule has 0 aliphatic heterocycles. The Hall–Kier alpha value is -2.58. The van der Waals surface area contributed by atoms with Crippen LogP contribution in [-0.2, 0) is 6.54 Å². The van der Waals surface area contributed by atoms with Gasteiger partial charge in [-0.3, -0.25) is 4.79 Å². The molecule has 0 spiro atoms. The average molecular weight is 255 g/mol. The lowest BCUT2D eigenvalue weighted by Crippen LogP contribution is -2.22. The van der Waals surface area contributed by atoms with Gasteiger partial charge in [-0.15, -0.1) is 0 Å². The van der Waals surface area contributed by atoms with Crippen molar-refractivity contribution in [3.8, 4) is 11.8 Å². The third-order valence-corrected chi connectivity index (χ3v) is 2.38. The van der Waals surface area contributed by atoms with E-state index in [2.05, 4.69) is 22.3 Å². The number of nitrogens with one attached hydrogen (secondary N) is 1. The van der Waals surface area contributed by atoms with Gasteiger partial charge in [-0.25, -0.2) is 0 Å². The van der Waals surface area contributed by atoms with Crippen LogP contribution in [0.5, 0.6) is 0 Å². The van der Waals surface area contributed by atoms with Crippen molar-refractivity contribution in [1.82, 2.24) is 10.5 Å². The zero-order chi connectivity index (χ0) is 13.5. The van der Waals surface area contributed by atoms with Crippen LogP contribution < -0.4 is 11.1 Å². The number of nitrogens with zero attached hydrogens (tertiary/aromatic N) is 1.